The zero-order chi connectivity index (χ0) is 16.4. The van der Waals surface area contributed by atoms with E-state index in [9.17, 15) is 13.2 Å². The fourth-order valence-electron chi connectivity index (χ4n) is 3.88. The largest absolute Gasteiger partial charge is 0.433 e. The Morgan fingerprint density at radius 1 is 1.17 bits per heavy atom. The molecule has 0 saturated carbocycles. The maximum atomic E-state index is 13.0. The molecule has 2 bridgehead atoms. The van der Waals surface area contributed by atoms with Gasteiger partial charge in [0, 0.05) is 25.7 Å². The molecule has 0 unspecified atom stereocenters. The van der Waals surface area contributed by atoms with Crippen LogP contribution in [0, 0.1) is 0 Å². The van der Waals surface area contributed by atoms with Crippen LogP contribution in [0.4, 0.5) is 13.2 Å². The summed E-state index contributed by atoms with van der Waals surface area (Å²) in [7, 11) is 3.10. The third kappa shape index (κ3) is 2.27. The second kappa shape index (κ2) is 4.83. The van der Waals surface area contributed by atoms with E-state index < -0.39 is 11.9 Å². The normalized spacial score (nSPS) is 23.9. The minimum absolute atomic E-state index is 0.211. The SMILES string of the molecule is Cn1nc(-c2c3c(nn2C)[C@H]2CCC[C@@H](C3)N2)cc1C(F)(F)F. The van der Waals surface area contributed by atoms with Crippen molar-refractivity contribution in [3.8, 4) is 11.4 Å². The first-order chi connectivity index (χ1) is 10.8. The standard InChI is InChI=1S/C15H18F3N5/c1-22-12(15(16,17)18)7-11(20-22)14-9-6-8-4-3-5-10(19-8)13(9)21-23(14)2/h7-8,10,19H,3-6H2,1-2H3/t8-,10+/m0/s1. The van der Waals surface area contributed by atoms with E-state index in [-0.39, 0.29) is 6.04 Å². The van der Waals surface area contributed by atoms with Gasteiger partial charge < -0.3 is 5.32 Å². The van der Waals surface area contributed by atoms with Crippen LogP contribution in [0.15, 0.2) is 6.07 Å². The predicted octanol–water partition coefficient (Wildman–Crippen LogP) is 2.58. The maximum absolute atomic E-state index is 13.0. The fraction of sp³-hybridized carbons (Fsp3) is 0.600. The van der Waals surface area contributed by atoms with Gasteiger partial charge in [0.1, 0.15) is 11.4 Å². The summed E-state index contributed by atoms with van der Waals surface area (Å²) < 4.78 is 41.7. The average molecular weight is 325 g/mol. The lowest BCUT2D eigenvalue weighted by Gasteiger charge is -2.35. The van der Waals surface area contributed by atoms with Crippen molar-refractivity contribution in [2.75, 3.05) is 0 Å². The molecule has 2 aliphatic heterocycles. The number of nitrogens with zero attached hydrogens (tertiary/aromatic N) is 4. The quantitative estimate of drug-likeness (QED) is 0.877. The van der Waals surface area contributed by atoms with E-state index in [0.29, 0.717) is 17.4 Å². The van der Waals surface area contributed by atoms with Crippen molar-refractivity contribution in [1.29, 1.82) is 0 Å². The van der Waals surface area contributed by atoms with Crippen LogP contribution in [-0.4, -0.2) is 25.6 Å². The lowest BCUT2D eigenvalue weighted by atomic mass is 9.84. The smallest absolute Gasteiger partial charge is 0.305 e. The third-order valence-electron chi connectivity index (χ3n) is 4.85. The van der Waals surface area contributed by atoms with Crippen LogP contribution in [0.5, 0.6) is 0 Å². The Balaban J connectivity index is 1.83. The Morgan fingerprint density at radius 2 is 1.96 bits per heavy atom. The molecule has 1 N–H and O–H groups in total. The number of nitrogens with one attached hydrogen (secondary N) is 1. The van der Waals surface area contributed by atoms with Crippen molar-refractivity contribution < 1.29 is 13.2 Å². The summed E-state index contributed by atoms with van der Waals surface area (Å²) >= 11 is 0. The summed E-state index contributed by atoms with van der Waals surface area (Å²) in [5.41, 5.74) is 2.34. The van der Waals surface area contributed by atoms with Crippen molar-refractivity contribution in [2.45, 2.75) is 43.9 Å². The number of rotatable bonds is 1. The molecule has 2 aromatic rings. The summed E-state index contributed by atoms with van der Waals surface area (Å²) in [6.45, 7) is 0. The molecule has 0 spiro atoms. The number of halogens is 3. The molecule has 2 atom stereocenters. The summed E-state index contributed by atoms with van der Waals surface area (Å²) in [6, 6.07) is 1.72. The number of aromatic nitrogens is 4. The summed E-state index contributed by atoms with van der Waals surface area (Å²) in [6.07, 6.45) is -0.324. The van der Waals surface area contributed by atoms with Crippen molar-refractivity contribution in [3.63, 3.8) is 0 Å². The fourth-order valence-corrected chi connectivity index (χ4v) is 3.88. The van der Waals surface area contributed by atoms with E-state index >= 15 is 0 Å². The molecule has 2 aromatic heterocycles. The van der Waals surface area contributed by atoms with Gasteiger partial charge >= 0.3 is 6.18 Å². The Morgan fingerprint density at radius 3 is 2.65 bits per heavy atom. The van der Waals surface area contributed by atoms with Gasteiger partial charge in [0.25, 0.3) is 0 Å². The molecular weight excluding hydrogens is 307 g/mol. The third-order valence-corrected chi connectivity index (χ3v) is 4.85. The highest BCUT2D eigenvalue weighted by molar-refractivity contribution is 5.62. The lowest BCUT2D eigenvalue weighted by molar-refractivity contribution is -0.143. The van der Waals surface area contributed by atoms with Crippen LogP contribution in [0.25, 0.3) is 11.4 Å². The average Bonchev–Trinajstić information content (AvgIpc) is 2.99. The first-order valence-electron chi connectivity index (χ1n) is 7.78. The summed E-state index contributed by atoms with van der Waals surface area (Å²) in [4.78, 5) is 0. The Bertz CT molecular complexity index is 758. The van der Waals surface area contributed by atoms with E-state index in [4.69, 9.17) is 0 Å². The second-order valence-corrected chi connectivity index (χ2v) is 6.42. The minimum atomic E-state index is -4.41. The zero-order valence-corrected chi connectivity index (χ0v) is 13.0. The molecule has 1 saturated heterocycles. The Kier molecular flexibility index (Phi) is 3.10. The Hall–Kier alpha value is -1.83. The van der Waals surface area contributed by atoms with Crippen LogP contribution in [-0.2, 0) is 26.7 Å². The molecule has 0 aliphatic carbocycles. The van der Waals surface area contributed by atoms with E-state index in [1.54, 1.807) is 11.7 Å². The van der Waals surface area contributed by atoms with E-state index in [1.807, 2.05) is 0 Å². The highest BCUT2D eigenvalue weighted by Crippen LogP contribution is 2.39. The maximum Gasteiger partial charge on any atom is 0.433 e. The van der Waals surface area contributed by atoms with Crippen LogP contribution < -0.4 is 5.32 Å². The monoisotopic (exact) mass is 325 g/mol. The minimum Gasteiger partial charge on any atom is -0.305 e. The van der Waals surface area contributed by atoms with Crippen molar-refractivity contribution >= 4 is 0 Å². The number of alkyl halides is 3. The molecule has 124 valence electrons. The Labute approximate surface area is 131 Å². The van der Waals surface area contributed by atoms with Gasteiger partial charge in [0.15, 0.2) is 0 Å². The molecule has 4 heterocycles. The zero-order valence-electron chi connectivity index (χ0n) is 13.0. The molecule has 0 radical (unpaired) electrons. The van der Waals surface area contributed by atoms with Gasteiger partial charge in [0.2, 0.25) is 0 Å². The van der Waals surface area contributed by atoms with Gasteiger partial charge in [-0.2, -0.15) is 23.4 Å². The molecule has 5 nitrogen and oxygen atoms in total. The first-order valence-corrected chi connectivity index (χ1v) is 7.78. The van der Waals surface area contributed by atoms with Crippen molar-refractivity contribution in [1.82, 2.24) is 24.9 Å². The van der Waals surface area contributed by atoms with Gasteiger partial charge in [-0.15, -0.1) is 0 Å². The highest BCUT2D eigenvalue weighted by Gasteiger charge is 2.38. The number of hydrogen-bond donors (Lipinski definition) is 1. The topological polar surface area (TPSA) is 47.7 Å². The van der Waals surface area contributed by atoms with Gasteiger partial charge in [-0.05, 0) is 31.7 Å². The van der Waals surface area contributed by atoms with E-state index in [0.717, 1.165) is 47.7 Å². The number of fused-ring (bicyclic) bond motifs is 4. The molecule has 1 fully saturated rings. The molecule has 0 aromatic carbocycles. The van der Waals surface area contributed by atoms with Crippen LogP contribution in [0.2, 0.25) is 0 Å². The molecule has 0 amide bonds. The van der Waals surface area contributed by atoms with Crippen molar-refractivity contribution in [2.24, 2.45) is 14.1 Å². The number of aryl methyl sites for hydroxylation is 2. The molecule has 8 heteroatoms. The summed E-state index contributed by atoms with van der Waals surface area (Å²) in [5, 5.41) is 12.2. The van der Waals surface area contributed by atoms with Gasteiger partial charge in [0.05, 0.1) is 17.4 Å². The number of piperidine rings is 1. The molecule has 23 heavy (non-hydrogen) atoms. The van der Waals surface area contributed by atoms with Gasteiger partial charge in [-0.1, -0.05) is 0 Å². The summed E-state index contributed by atoms with van der Waals surface area (Å²) in [5.74, 6) is 0. The lowest BCUT2D eigenvalue weighted by Crippen LogP contribution is -2.42. The van der Waals surface area contributed by atoms with E-state index in [2.05, 4.69) is 15.5 Å². The molecule has 4 rings (SSSR count). The highest BCUT2D eigenvalue weighted by atomic mass is 19.4. The van der Waals surface area contributed by atoms with Crippen LogP contribution in [0.3, 0.4) is 0 Å². The van der Waals surface area contributed by atoms with Gasteiger partial charge in [-0.3, -0.25) is 9.36 Å². The molecular formula is C15H18F3N5. The number of hydrogen-bond acceptors (Lipinski definition) is 3. The van der Waals surface area contributed by atoms with Crippen molar-refractivity contribution in [3.05, 3.63) is 23.0 Å². The predicted molar refractivity (Wildman–Crippen MR) is 77.6 cm³/mol. The van der Waals surface area contributed by atoms with E-state index in [1.165, 1.54) is 7.05 Å². The first kappa shape index (κ1) is 14.7. The van der Waals surface area contributed by atoms with Crippen LogP contribution in [0.1, 0.15) is 42.3 Å². The van der Waals surface area contributed by atoms with Gasteiger partial charge in [-0.25, -0.2) is 0 Å². The van der Waals surface area contributed by atoms with Crippen LogP contribution >= 0.6 is 0 Å². The molecule has 2 aliphatic rings. The second-order valence-electron chi connectivity index (χ2n) is 6.42.